The number of Topliss-reactive ketones (excluding diaryl/α,β-unsaturated/α-hetero) is 1. The van der Waals surface area contributed by atoms with E-state index >= 15 is 0 Å². The molecule has 0 saturated heterocycles. The van der Waals surface area contributed by atoms with E-state index in [-0.39, 0.29) is 17.7 Å². The van der Waals surface area contributed by atoms with Gasteiger partial charge >= 0.3 is 5.97 Å². The number of benzene rings is 2. The lowest BCUT2D eigenvalue weighted by Gasteiger charge is -2.15. The Morgan fingerprint density at radius 2 is 1.66 bits per heavy atom. The number of carbonyl (C=O) groups is 3. The van der Waals surface area contributed by atoms with Crippen LogP contribution in [0.15, 0.2) is 48.5 Å². The van der Waals surface area contributed by atoms with Crippen molar-refractivity contribution in [2.75, 3.05) is 7.11 Å². The molecule has 6 heteroatoms. The van der Waals surface area contributed by atoms with E-state index in [2.05, 4.69) is 21.4 Å². The van der Waals surface area contributed by atoms with Gasteiger partial charge in [0.25, 0.3) is 0 Å². The molecule has 186 valence electrons. The van der Waals surface area contributed by atoms with Gasteiger partial charge in [-0.25, -0.2) is 0 Å². The lowest BCUT2D eigenvalue weighted by molar-refractivity contribution is -0.140. The number of nitrogens with zero attached hydrogens (tertiary/aromatic N) is 1. The number of primary amides is 1. The molecule has 0 aliphatic heterocycles. The summed E-state index contributed by atoms with van der Waals surface area (Å²) in [6.45, 7) is 4.27. The summed E-state index contributed by atoms with van der Waals surface area (Å²) < 4.78 is 6.90. The second-order valence-corrected chi connectivity index (χ2v) is 9.20. The van der Waals surface area contributed by atoms with Gasteiger partial charge in [-0.2, -0.15) is 0 Å². The van der Waals surface area contributed by atoms with E-state index in [1.807, 2.05) is 43.3 Å². The van der Waals surface area contributed by atoms with Crippen molar-refractivity contribution in [3.63, 3.8) is 0 Å². The van der Waals surface area contributed by atoms with E-state index in [9.17, 15) is 14.4 Å². The summed E-state index contributed by atoms with van der Waals surface area (Å²) in [7, 11) is 1.41. The normalized spacial score (nSPS) is 12.0. The third kappa shape index (κ3) is 6.59. The van der Waals surface area contributed by atoms with Crippen molar-refractivity contribution >= 4 is 28.6 Å². The largest absolute Gasteiger partial charge is 0.469 e. The SMILES string of the molecule is COC(=O)CCCCCCCC(C(N)=O)c1c(C)n(Cc2ccccc2)c2ccc(C(C)=O)cc12. The van der Waals surface area contributed by atoms with Gasteiger partial charge in [0.2, 0.25) is 5.91 Å². The zero-order valence-electron chi connectivity index (χ0n) is 21.0. The van der Waals surface area contributed by atoms with Gasteiger partial charge < -0.3 is 15.0 Å². The van der Waals surface area contributed by atoms with Gasteiger partial charge in [0.1, 0.15) is 0 Å². The molecule has 6 nitrogen and oxygen atoms in total. The molecule has 0 aliphatic carbocycles. The molecule has 1 amide bonds. The van der Waals surface area contributed by atoms with Gasteiger partial charge in [-0.1, -0.05) is 56.0 Å². The molecule has 3 aromatic rings. The van der Waals surface area contributed by atoms with E-state index < -0.39 is 5.92 Å². The van der Waals surface area contributed by atoms with Crippen LogP contribution in [0, 0.1) is 6.92 Å². The minimum atomic E-state index is -0.424. The molecule has 1 aromatic heterocycles. The highest BCUT2D eigenvalue weighted by atomic mass is 16.5. The molecule has 0 bridgehead atoms. The van der Waals surface area contributed by atoms with Crippen molar-refractivity contribution < 1.29 is 19.1 Å². The number of carbonyl (C=O) groups excluding carboxylic acids is 3. The van der Waals surface area contributed by atoms with Crippen LogP contribution in [0.2, 0.25) is 0 Å². The maximum atomic E-state index is 12.7. The first-order valence-corrected chi connectivity index (χ1v) is 12.4. The van der Waals surface area contributed by atoms with Crippen LogP contribution >= 0.6 is 0 Å². The van der Waals surface area contributed by atoms with Crippen molar-refractivity contribution in [1.82, 2.24) is 4.57 Å². The van der Waals surface area contributed by atoms with Crippen LogP contribution in [0.3, 0.4) is 0 Å². The molecular weight excluding hydrogens is 440 g/mol. The number of unbranched alkanes of at least 4 members (excludes halogenated alkanes) is 4. The Morgan fingerprint density at radius 1 is 0.971 bits per heavy atom. The highest BCUT2D eigenvalue weighted by Crippen LogP contribution is 2.36. The second-order valence-electron chi connectivity index (χ2n) is 9.20. The molecule has 0 radical (unpaired) electrons. The van der Waals surface area contributed by atoms with Crippen molar-refractivity contribution in [1.29, 1.82) is 0 Å². The summed E-state index contributed by atoms with van der Waals surface area (Å²) in [6, 6.07) is 15.9. The summed E-state index contributed by atoms with van der Waals surface area (Å²) in [4.78, 5) is 36.0. The van der Waals surface area contributed by atoms with Crippen LogP contribution in [0.5, 0.6) is 0 Å². The quantitative estimate of drug-likeness (QED) is 0.195. The maximum absolute atomic E-state index is 12.7. The highest BCUT2D eigenvalue weighted by molar-refractivity contribution is 6.00. The Bertz CT molecular complexity index is 1180. The molecule has 2 aromatic carbocycles. The number of fused-ring (bicyclic) bond motifs is 1. The molecule has 3 rings (SSSR count). The zero-order valence-corrected chi connectivity index (χ0v) is 21.0. The van der Waals surface area contributed by atoms with Gasteiger partial charge in [-0.3, -0.25) is 14.4 Å². The predicted molar refractivity (Wildman–Crippen MR) is 138 cm³/mol. The van der Waals surface area contributed by atoms with Crippen LogP contribution in [-0.4, -0.2) is 29.3 Å². The summed E-state index contributed by atoms with van der Waals surface area (Å²) in [5.74, 6) is -0.947. The van der Waals surface area contributed by atoms with Crippen molar-refractivity contribution in [2.24, 2.45) is 5.73 Å². The number of esters is 1. The van der Waals surface area contributed by atoms with E-state index in [0.717, 1.165) is 59.8 Å². The van der Waals surface area contributed by atoms with Crippen LogP contribution in [0.25, 0.3) is 10.9 Å². The van der Waals surface area contributed by atoms with Gasteiger partial charge in [0.05, 0.1) is 13.0 Å². The molecule has 0 fully saturated rings. The standard InChI is InChI=1S/C29H36N2O4/c1-20-28(24(29(30)34)14-10-5-4-6-11-15-27(33)35-3)25-18-23(21(2)32)16-17-26(25)31(20)19-22-12-8-7-9-13-22/h7-9,12-13,16-18,24H,4-6,10-11,14-15,19H2,1-3H3,(H2,30,34). The second kappa shape index (κ2) is 12.3. The lowest BCUT2D eigenvalue weighted by atomic mass is 9.89. The molecule has 35 heavy (non-hydrogen) atoms. The van der Waals surface area contributed by atoms with Crippen molar-refractivity contribution in [3.05, 3.63) is 70.9 Å². The number of rotatable bonds is 13. The zero-order chi connectivity index (χ0) is 25.4. The summed E-state index contributed by atoms with van der Waals surface area (Å²) >= 11 is 0. The maximum Gasteiger partial charge on any atom is 0.305 e. The third-order valence-electron chi connectivity index (χ3n) is 6.76. The van der Waals surface area contributed by atoms with Gasteiger partial charge in [0, 0.05) is 35.1 Å². The number of ether oxygens (including phenoxy) is 1. The van der Waals surface area contributed by atoms with Crippen LogP contribution in [0.1, 0.15) is 85.0 Å². The molecule has 1 atom stereocenters. The number of hydrogen-bond acceptors (Lipinski definition) is 4. The average Bonchev–Trinajstić information content (AvgIpc) is 3.11. The smallest absolute Gasteiger partial charge is 0.305 e. The molecule has 1 heterocycles. The minimum absolute atomic E-state index is 0.00566. The monoisotopic (exact) mass is 476 g/mol. The van der Waals surface area contributed by atoms with Gasteiger partial charge in [-0.15, -0.1) is 0 Å². The van der Waals surface area contributed by atoms with Crippen LogP contribution in [-0.2, 0) is 20.9 Å². The number of methoxy groups -OCH3 is 1. The van der Waals surface area contributed by atoms with Crippen LogP contribution < -0.4 is 5.73 Å². The minimum Gasteiger partial charge on any atom is -0.469 e. The third-order valence-corrected chi connectivity index (χ3v) is 6.76. The first-order chi connectivity index (χ1) is 16.8. The van der Waals surface area contributed by atoms with E-state index in [1.165, 1.54) is 7.11 Å². The summed E-state index contributed by atoms with van der Waals surface area (Å²) in [5, 5.41) is 0.924. The Labute approximate surface area is 207 Å². The van der Waals surface area contributed by atoms with Crippen molar-refractivity contribution in [2.45, 2.75) is 71.3 Å². The fourth-order valence-corrected chi connectivity index (χ4v) is 4.82. The predicted octanol–water partition coefficient (Wildman–Crippen LogP) is 5.67. The first-order valence-electron chi connectivity index (χ1n) is 12.4. The average molecular weight is 477 g/mol. The van der Waals surface area contributed by atoms with Gasteiger partial charge in [-0.05, 0) is 56.0 Å². The Balaban J connectivity index is 1.85. The van der Waals surface area contributed by atoms with Crippen LogP contribution in [0.4, 0.5) is 0 Å². The number of ketones is 1. The Morgan fingerprint density at radius 3 is 2.31 bits per heavy atom. The van der Waals surface area contributed by atoms with E-state index in [0.29, 0.717) is 24.9 Å². The number of hydrogen-bond donors (Lipinski definition) is 1. The van der Waals surface area contributed by atoms with Crippen molar-refractivity contribution in [3.8, 4) is 0 Å². The van der Waals surface area contributed by atoms with E-state index in [4.69, 9.17) is 5.73 Å². The fourth-order valence-electron chi connectivity index (χ4n) is 4.82. The first kappa shape index (κ1) is 26.2. The Kier molecular flexibility index (Phi) is 9.24. The lowest BCUT2D eigenvalue weighted by Crippen LogP contribution is -2.22. The Hall–Kier alpha value is -3.41. The molecule has 0 aliphatic rings. The molecule has 2 N–H and O–H groups in total. The number of amides is 1. The highest BCUT2D eigenvalue weighted by Gasteiger charge is 2.26. The molecule has 0 spiro atoms. The molecule has 1 unspecified atom stereocenters. The topological polar surface area (TPSA) is 91.4 Å². The summed E-state index contributed by atoms with van der Waals surface area (Å²) in [6.07, 6.45) is 5.68. The molecule has 0 saturated carbocycles. The fraction of sp³-hybridized carbons (Fsp3) is 0.414. The molecular formula is C29H36N2O4. The van der Waals surface area contributed by atoms with Gasteiger partial charge in [0.15, 0.2) is 5.78 Å². The number of aromatic nitrogens is 1. The summed E-state index contributed by atoms with van der Waals surface area (Å²) in [5.41, 5.74) is 10.7. The number of nitrogens with two attached hydrogens (primary N) is 1. The van der Waals surface area contributed by atoms with E-state index in [1.54, 1.807) is 6.92 Å².